The molecule has 25 heavy (non-hydrogen) atoms. The van der Waals surface area contributed by atoms with E-state index in [9.17, 15) is 13.6 Å². The van der Waals surface area contributed by atoms with E-state index in [4.69, 9.17) is 0 Å². The van der Waals surface area contributed by atoms with Crippen LogP contribution in [0.4, 0.5) is 8.78 Å². The molecular formula is C18H19F2N3OS. The number of amides is 1. The molecule has 1 aromatic carbocycles. The van der Waals surface area contributed by atoms with E-state index in [-0.39, 0.29) is 17.5 Å². The quantitative estimate of drug-likeness (QED) is 0.910. The lowest BCUT2D eigenvalue weighted by Gasteiger charge is -2.49. The van der Waals surface area contributed by atoms with E-state index in [2.05, 4.69) is 22.1 Å². The van der Waals surface area contributed by atoms with Gasteiger partial charge in [-0.2, -0.15) is 0 Å². The molecular weight excluding hydrogens is 344 g/mol. The lowest BCUT2D eigenvalue weighted by molar-refractivity contribution is 0.0218. The first-order valence-corrected chi connectivity index (χ1v) is 9.31. The maximum atomic E-state index is 13.9. The molecule has 0 radical (unpaired) electrons. The van der Waals surface area contributed by atoms with Gasteiger partial charge in [0.1, 0.15) is 21.5 Å². The summed E-state index contributed by atoms with van der Waals surface area (Å²) in [6.07, 6.45) is 3.69. The summed E-state index contributed by atoms with van der Waals surface area (Å²) in [4.78, 5) is 19.6. The number of rotatable bonds is 3. The molecule has 1 aromatic heterocycles. The fraction of sp³-hybridized carbons (Fsp3) is 0.444. The zero-order valence-electron chi connectivity index (χ0n) is 13.8. The van der Waals surface area contributed by atoms with Gasteiger partial charge in [0, 0.05) is 23.7 Å². The highest BCUT2D eigenvalue weighted by atomic mass is 32.1. The third-order valence-electron chi connectivity index (χ3n) is 5.37. The first-order chi connectivity index (χ1) is 12.0. The monoisotopic (exact) mass is 363 g/mol. The predicted molar refractivity (Wildman–Crippen MR) is 92.5 cm³/mol. The van der Waals surface area contributed by atoms with Gasteiger partial charge in [0.2, 0.25) is 0 Å². The Morgan fingerprint density at radius 2 is 2.08 bits per heavy atom. The van der Waals surface area contributed by atoms with Crippen LogP contribution in [-0.2, 0) is 0 Å². The lowest BCUT2D eigenvalue weighted by Crippen LogP contribution is -2.62. The van der Waals surface area contributed by atoms with Crippen molar-refractivity contribution < 1.29 is 13.6 Å². The van der Waals surface area contributed by atoms with Crippen LogP contribution < -0.4 is 5.32 Å². The fourth-order valence-electron chi connectivity index (χ4n) is 3.93. The number of hydrogen-bond donors (Lipinski definition) is 1. The molecule has 5 rings (SSSR count). The highest BCUT2D eigenvalue weighted by Crippen LogP contribution is 2.33. The van der Waals surface area contributed by atoms with E-state index in [0.29, 0.717) is 21.8 Å². The molecule has 4 heterocycles. The third-order valence-corrected chi connectivity index (χ3v) is 6.40. The molecule has 3 fully saturated rings. The van der Waals surface area contributed by atoms with Crippen molar-refractivity contribution in [1.29, 1.82) is 0 Å². The first-order valence-electron chi connectivity index (χ1n) is 8.49. The molecule has 3 aliphatic rings. The van der Waals surface area contributed by atoms with E-state index in [1.54, 1.807) is 0 Å². The van der Waals surface area contributed by atoms with E-state index in [0.717, 1.165) is 43.3 Å². The lowest BCUT2D eigenvalue weighted by atomic mass is 9.79. The molecule has 132 valence electrons. The second-order valence-corrected chi connectivity index (χ2v) is 7.80. The number of carbonyl (C=O) groups excluding carboxylic acids is 1. The van der Waals surface area contributed by atoms with Gasteiger partial charge in [-0.25, -0.2) is 13.8 Å². The smallest absolute Gasteiger partial charge is 0.263 e. The van der Waals surface area contributed by atoms with E-state index in [1.165, 1.54) is 18.3 Å². The van der Waals surface area contributed by atoms with Gasteiger partial charge in [0.05, 0.1) is 6.20 Å². The zero-order valence-corrected chi connectivity index (χ0v) is 14.7. The van der Waals surface area contributed by atoms with Crippen molar-refractivity contribution in [2.45, 2.75) is 31.8 Å². The number of nitrogens with zero attached hydrogens (tertiary/aromatic N) is 2. The molecule has 2 atom stereocenters. The van der Waals surface area contributed by atoms with Gasteiger partial charge in [-0.3, -0.25) is 9.69 Å². The summed E-state index contributed by atoms with van der Waals surface area (Å²) >= 11 is 1.12. The van der Waals surface area contributed by atoms with Crippen molar-refractivity contribution in [3.63, 3.8) is 0 Å². The summed E-state index contributed by atoms with van der Waals surface area (Å²) in [6.45, 7) is 4.36. The Bertz CT molecular complexity index is 799. The molecule has 0 aliphatic carbocycles. The predicted octanol–water partition coefficient (Wildman–Crippen LogP) is 3.30. The minimum Gasteiger partial charge on any atom is -0.347 e. The number of nitrogens with one attached hydrogen (secondary N) is 1. The summed E-state index contributed by atoms with van der Waals surface area (Å²) in [5, 5.41) is 3.52. The van der Waals surface area contributed by atoms with Crippen LogP contribution in [0.1, 0.15) is 29.4 Å². The number of piperidine rings is 3. The van der Waals surface area contributed by atoms with Gasteiger partial charge in [0.15, 0.2) is 0 Å². The number of fused-ring (bicyclic) bond motifs is 3. The highest BCUT2D eigenvalue weighted by Gasteiger charge is 2.40. The largest absolute Gasteiger partial charge is 0.347 e. The zero-order chi connectivity index (χ0) is 17.6. The summed E-state index contributed by atoms with van der Waals surface area (Å²) in [5.41, 5.74) is 0.210. The number of thiazole rings is 1. The number of halogens is 2. The molecule has 1 amide bonds. The Morgan fingerprint density at radius 3 is 2.76 bits per heavy atom. The van der Waals surface area contributed by atoms with Crippen LogP contribution in [0.3, 0.4) is 0 Å². The van der Waals surface area contributed by atoms with E-state index >= 15 is 0 Å². The highest BCUT2D eigenvalue weighted by molar-refractivity contribution is 7.16. The number of aromatic nitrogens is 1. The van der Waals surface area contributed by atoms with Crippen LogP contribution in [0.15, 0.2) is 24.4 Å². The number of carbonyl (C=O) groups is 1. The second kappa shape index (κ2) is 6.46. The molecule has 3 aliphatic heterocycles. The molecule has 3 saturated heterocycles. The van der Waals surface area contributed by atoms with Crippen molar-refractivity contribution >= 4 is 17.2 Å². The molecule has 2 bridgehead atoms. The fourth-order valence-corrected chi connectivity index (χ4v) is 4.78. The summed E-state index contributed by atoms with van der Waals surface area (Å²) in [7, 11) is 0. The minimum atomic E-state index is -0.674. The molecule has 0 spiro atoms. The van der Waals surface area contributed by atoms with Crippen LogP contribution in [0, 0.1) is 17.6 Å². The maximum Gasteiger partial charge on any atom is 0.263 e. The van der Waals surface area contributed by atoms with Crippen molar-refractivity contribution in [2.24, 2.45) is 5.92 Å². The third kappa shape index (κ3) is 3.06. The van der Waals surface area contributed by atoms with Crippen LogP contribution in [0.25, 0.3) is 10.6 Å². The molecule has 2 aromatic rings. The SMILES string of the molecule is C[C@H]1[C@H](NC(=O)c2cnc(-c3ccc(F)cc3F)s2)C2CCN1CC2. The number of benzene rings is 1. The Hall–Kier alpha value is -1.86. The first kappa shape index (κ1) is 16.6. The summed E-state index contributed by atoms with van der Waals surface area (Å²) in [6, 6.07) is 3.84. The van der Waals surface area contributed by atoms with Crippen molar-refractivity contribution in [3.05, 3.63) is 40.9 Å². The van der Waals surface area contributed by atoms with Gasteiger partial charge in [-0.15, -0.1) is 11.3 Å². The van der Waals surface area contributed by atoms with Crippen molar-refractivity contribution in [1.82, 2.24) is 15.2 Å². The van der Waals surface area contributed by atoms with E-state index in [1.807, 2.05) is 0 Å². The summed E-state index contributed by atoms with van der Waals surface area (Å²) < 4.78 is 26.9. The standard InChI is InChI=1S/C18H19F2N3OS/c1-10-16(11-4-6-23(10)7-5-11)22-17(24)15-9-21-18(25-15)13-3-2-12(19)8-14(13)20/h2-3,8-11,16H,4-7H2,1H3,(H,22,24)/t10-,16-/m0/s1. The average molecular weight is 363 g/mol. The van der Waals surface area contributed by atoms with Crippen molar-refractivity contribution in [3.8, 4) is 10.6 Å². The molecule has 0 saturated carbocycles. The number of hydrogen-bond acceptors (Lipinski definition) is 4. The second-order valence-electron chi connectivity index (χ2n) is 6.77. The van der Waals surface area contributed by atoms with Crippen LogP contribution in [0.2, 0.25) is 0 Å². The van der Waals surface area contributed by atoms with Gasteiger partial charge in [-0.1, -0.05) is 0 Å². The molecule has 1 N–H and O–H groups in total. The summed E-state index contributed by atoms with van der Waals surface area (Å²) in [5.74, 6) is -0.956. The Balaban J connectivity index is 1.51. The van der Waals surface area contributed by atoms with Crippen molar-refractivity contribution in [2.75, 3.05) is 13.1 Å². The van der Waals surface area contributed by atoms with Gasteiger partial charge < -0.3 is 5.32 Å². The molecule has 4 nitrogen and oxygen atoms in total. The van der Waals surface area contributed by atoms with Gasteiger partial charge in [-0.05, 0) is 50.9 Å². The van der Waals surface area contributed by atoms with Crippen LogP contribution >= 0.6 is 11.3 Å². The molecule has 0 unspecified atom stereocenters. The van der Waals surface area contributed by atoms with Crippen LogP contribution in [0.5, 0.6) is 0 Å². The Morgan fingerprint density at radius 1 is 1.32 bits per heavy atom. The Labute approximate surface area is 148 Å². The maximum absolute atomic E-state index is 13.9. The van der Waals surface area contributed by atoms with E-state index < -0.39 is 11.6 Å². The topological polar surface area (TPSA) is 45.2 Å². The Kier molecular flexibility index (Phi) is 4.29. The van der Waals surface area contributed by atoms with Gasteiger partial charge in [0.25, 0.3) is 5.91 Å². The van der Waals surface area contributed by atoms with Gasteiger partial charge >= 0.3 is 0 Å². The normalized spacial score (nSPS) is 28.1. The molecule has 7 heteroatoms. The minimum absolute atomic E-state index is 0.142. The average Bonchev–Trinajstić information content (AvgIpc) is 3.08. The van der Waals surface area contributed by atoms with Crippen LogP contribution in [-0.4, -0.2) is 41.0 Å².